The summed E-state index contributed by atoms with van der Waals surface area (Å²) in [6.07, 6.45) is 3.14. The van der Waals surface area contributed by atoms with Crippen LogP contribution in [0.3, 0.4) is 0 Å². The zero-order valence-electron chi connectivity index (χ0n) is 10.6. The van der Waals surface area contributed by atoms with E-state index in [0.717, 1.165) is 42.1 Å². The van der Waals surface area contributed by atoms with E-state index in [-0.39, 0.29) is 0 Å². The minimum Gasteiger partial charge on any atom is -0.496 e. The van der Waals surface area contributed by atoms with Gasteiger partial charge in [0.05, 0.1) is 25.9 Å². The molecule has 1 aliphatic heterocycles. The van der Waals surface area contributed by atoms with E-state index in [4.69, 9.17) is 14.2 Å². The van der Waals surface area contributed by atoms with Crippen LogP contribution in [0.4, 0.5) is 0 Å². The molecule has 2 aliphatic rings. The summed E-state index contributed by atoms with van der Waals surface area (Å²) in [5, 5.41) is 10.1. The third kappa shape index (κ3) is 2.12. The molecule has 0 atom stereocenters. The summed E-state index contributed by atoms with van der Waals surface area (Å²) >= 11 is 0. The van der Waals surface area contributed by atoms with E-state index in [1.165, 1.54) is 0 Å². The van der Waals surface area contributed by atoms with Crippen molar-refractivity contribution in [3.63, 3.8) is 0 Å². The number of methoxy groups -OCH3 is 1. The van der Waals surface area contributed by atoms with Gasteiger partial charge in [0.15, 0.2) is 11.5 Å². The molecule has 3 rings (SSSR count). The zero-order valence-corrected chi connectivity index (χ0v) is 10.6. The van der Waals surface area contributed by atoms with Crippen LogP contribution in [0.25, 0.3) is 0 Å². The van der Waals surface area contributed by atoms with Gasteiger partial charge in [-0.05, 0) is 25.0 Å². The van der Waals surface area contributed by atoms with Gasteiger partial charge in [-0.1, -0.05) is 0 Å². The molecule has 1 aliphatic carbocycles. The summed E-state index contributed by atoms with van der Waals surface area (Å²) in [6, 6.07) is 3.76. The van der Waals surface area contributed by atoms with Crippen LogP contribution >= 0.6 is 0 Å². The first-order chi connectivity index (χ1) is 8.72. The summed E-state index contributed by atoms with van der Waals surface area (Å²) in [4.78, 5) is 0. The van der Waals surface area contributed by atoms with Crippen LogP contribution in [-0.4, -0.2) is 31.0 Å². The van der Waals surface area contributed by atoms with Crippen molar-refractivity contribution >= 4 is 0 Å². The molecule has 1 N–H and O–H groups in total. The standard InChI is InChI=1S/C14H18O4/c1-16-11-3-4-12-13(18-8-2-7-17-12)10(11)9-14(15)5-6-14/h3-4,15H,2,5-9H2,1H3. The lowest BCUT2D eigenvalue weighted by Crippen LogP contribution is -2.13. The van der Waals surface area contributed by atoms with Crippen molar-refractivity contribution < 1.29 is 19.3 Å². The minimum atomic E-state index is -0.571. The largest absolute Gasteiger partial charge is 0.496 e. The summed E-state index contributed by atoms with van der Waals surface area (Å²) in [5.41, 5.74) is 0.356. The second-order valence-corrected chi connectivity index (χ2v) is 5.03. The normalized spacial score (nSPS) is 20.1. The van der Waals surface area contributed by atoms with Crippen molar-refractivity contribution in [1.82, 2.24) is 0 Å². The predicted octanol–water partition coefficient (Wildman–Crippen LogP) is 1.92. The first-order valence-corrected chi connectivity index (χ1v) is 6.40. The molecule has 0 radical (unpaired) electrons. The SMILES string of the molecule is COc1ccc2c(c1CC1(O)CC1)OCCCO2. The number of hydrogen-bond donors (Lipinski definition) is 1. The lowest BCUT2D eigenvalue weighted by atomic mass is 10.0. The quantitative estimate of drug-likeness (QED) is 0.890. The molecule has 1 saturated carbocycles. The highest BCUT2D eigenvalue weighted by atomic mass is 16.5. The topological polar surface area (TPSA) is 47.9 Å². The Morgan fingerprint density at radius 2 is 2.06 bits per heavy atom. The number of aliphatic hydroxyl groups is 1. The molecule has 1 heterocycles. The minimum absolute atomic E-state index is 0.571. The fourth-order valence-corrected chi connectivity index (χ4v) is 2.28. The molecule has 1 aromatic carbocycles. The number of rotatable bonds is 3. The fourth-order valence-electron chi connectivity index (χ4n) is 2.28. The van der Waals surface area contributed by atoms with Gasteiger partial charge >= 0.3 is 0 Å². The van der Waals surface area contributed by atoms with Crippen molar-refractivity contribution in [2.24, 2.45) is 0 Å². The van der Waals surface area contributed by atoms with E-state index < -0.39 is 5.60 Å². The molecule has 0 aromatic heterocycles. The smallest absolute Gasteiger partial charge is 0.168 e. The number of benzene rings is 1. The predicted molar refractivity (Wildman–Crippen MR) is 66.5 cm³/mol. The monoisotopic (exact) mass is 250 g/mol. The molecule has 98 valence electrons. The van der Waals surface area contributed by atoms with Gasteiger partial charge < -0.3 is 19.3 Å². The molecule has 4 heteroatoms. The molecule has 4 nitrogen and oxygen atoms in total. The molecule has 0 spiro atoms. The summed E-state index contributed by atoms with van der Waals surface area (Å²) in [6.45, 7) is 1.31. The highest BCUT2D eigenvalue weighted by molar-refractivity contribution is 5.55. The summed E-state index contributed by atoms with van der Waals surface area (Å²) < 4.78 is 16.8. The Bertz CT molecular complexity index is 451. The molecule has 0 saturated heterocycles. The van der Waals surface area contributed by atoms with Gasteiger partial charge in [-0.2, -0.15) is 0 Å². The van der Waals surface area contributed by atoms with Crippen molar-refractivity contribution in [2.45, 2.75) is 31.3 Å². The maximum atomic E-state index is 10.1. The number of hydrogen-bond acceptors (Lipinski definition) is 4. The van der Waals surface area contributed by atoms with Crippen LogP contribution in [0.5, 0.6) is 17.2 Å². The first kappa shape index (κ1) is 11.7. The lowest BCUT2D eigenvalue weighted by Gasteiger charge is -2.18. The maximum absolute atomic E-state index is 10.1. The second-order valence-electron chi connectivity index (χ2n) is 5.03. The summed E-state index contributed by atoms with van der Waals surface area (Å²) in [5.74, 6) is 2.26. The molecule has 1 fully saturated rings. The van der Waals surface area contributed by atoms with E-state index in [1.54, 1.807) is 7.11 Å². The average molecular weight is 250 g/mol. The highest BCUT2D eigenvalue weighted by Crippen LogP contribution is 2.46. The molecular weight excluding hydrogens is 232 g/mol. The summed E-state index contributed by atoms with van der Waals surface area (Å²) in [7, 11) is 1.64. The zero-order chi connectivity index (χ0) is 12.6. The molecule has 1 aromatic rings. The van der Waals surface area contributed by atoms with Gasteiger partial charge in [0.25, 0.3) is 0 Å². The number of fused-ring (bicyclic) bond motifs is 1. The first-order valence-electron chi connectivity index (χ1n) is 6.40. The van der Waals surface area contributed by atoms with Gasteiger partial charge in [-0.25, -0.2) is 0 Å². The fraction of sp³-hybridized carbons (Fsp3) is 0.571. The van der Waals surface area contributed by atoms with E-state index in [2.05, 4.69) is 0 Å². The van der Waals surface area contributed by atoms with Crippen LogP contribution in [0, 0.1) is 0 Å². The highest BCUT2D eigenvalue weighted by Gasteiger charge is 2.42. The van der Waals surface area contributed by atoms with Crippen LogP contribution in [0.15, 0.2) is 12.1 Å². The van der Waals surface area contributed by atoms with Crippen LogP contribution < -0.4 is 14.2 Å². The number of ether oxygens (including phenoxy) is 3. The Morgan fingerprint density at radius 3 is 2.78 bits per heavy atom. The van der Waals surface area contributed by atoms with Gasteiger partial charge in [-0.15, -0.1) is 0 Å². The Balaban J connectivity index is 2.01. The third-order valence-electron chi connectivity index (χ3n) is 3.53. The molecule has 18 heavy (non-hydrogen) atoms. The van der Waals surface area contributed by atoms with Crippen LogP contribution in [0.2, 0.25) is 0 Å². The maximum Gasteiger partial charge on any atom is 0.168 e. The van der Waals surface area contributed by atoms with Gasteiger partial charge in [0.2, 0.25) is 0 Å². The van der Waals surface area contributed by atoms with Crippen LogP contribution in [-0.2, 0) is 6.42 Å². The van der Waals surface area contributed by atoms with Gasteiger partial charge in [0.1, 0.15) is 5.75 Å². The molecule has 0 unspecified atom stereocenters. The Labute approximate surface area is 106 Å². The van der Waals surface area contributed by atoms with E-state index >= 15 is 0 Å². The Kier molecular flexibility index (Phi) is 2.82. The van der Waals surface area contributed by atoms with E-state index in [9.17, 15) is 5.11 Å². The van der Waals surface area contributed by atoms with E-state index in [1.807, 2.05) is 12.1 Å². The van der Waals surface area contributed by atoms with E-state index in [0.29, 0.717) is 19.6 Å². The average Bonchev–Trinajstić information content (AvgIpc) is 3.12. The molecular formula is C14H18O4. The lowest BCUT2D eigenvalue weighted by molar-refractivity contribution is 0.148. The van der Waals surface area contributed by atoms with Crippen molar-refractivity contribution in [3.05, 3.63) is 17.7 Å². The van der Waals surface area contributed by atoms with Crippen molar-refractivity contribution in [2.75, 3.05) is 20.3 Å². The van der Waals surface area contributed by atoms with Crippen molar-refractivity contribution in [1.29, 1.82) is 0 Å². The van der Waals surface area contributed by atoms with Crippen LogP contribution in [0.1, 0.15) is 24.8 Å². The van der Waals surface area contributed by atoms with Crippen molar-refractivity contribution in [3.8, 4) is 17.2 Å². The Hall–Kier alpha value is -1.42. The second kappa shape index (κ2) is 4.35. The Morgan fingerprint density at radius 1 is 1.28 bits per heavy atom. The third-order valence-corrected chi connectivity index (χ3v) is 3.53. The van der Waals surface area contributed by atoms with Gasteiger partial charge in [0, 0.05) is 18.4 Å². The molecule has 0 bridgehead atoms. The van der Waals surface area contributed by atoms with Gasteiger partial charge in [-0.3, -0.25) is 0 Å². The molecule has 0 amide bonds.